The summed E-state index contributed by atoms with van der Waals surface area (Å²) < 4.78 is 0. The summed E-state index contributed by atoms with van der Waals surface area (Å²) in [6, 6.07) is 4.44. The molecule has 0 aliphatic carbocycles. The highest BCUT2D eigenvalue weighted by Crippen LogP contribution is 2.13. The largest absolute Gasteiger partial charge is 0.481 e. The lowest BCUT2D eigenvalue weighted by molar-refractivity contribution is -0.384. The van der Waals surface area contributed by atoms with Crippen LogP contribution >= 0.6 is 0 Å². The maximum atomic E-state index is 12.0. The number of nitro benzene ring substituents is 1. The number of aliphatic carboxylic acids is 1. The number of hydrogen-bond donors (Lipinski definition) is 3. The van der Waals surface area contributed by atoms with E-state index in [0.717, 1.165) is 6.07 Å². The number of unbranched alkanes of at least 4 members (excludes halogenated alkanes) is 2. The topological polar surface area (TPSA) is 139 Å². The molecule has 1 aromatic rings. The third kappa shape index (κ3) is 7.42. The number of carboxylic acids is 1. The van der Waals surface area contributed by atoms with Gasteiger partial charge >= 0.3 is 5.97 Å². The first-order chi connectivity index (χ1) is 11.8. The van der Waals surface area contributed by atoms with Crippen LogP contribution in [-0.4, -0.2) is 40.4 Å². The first-order valence-corrected chi connectivity index (χ1v) is 7.86. The van der Waals surface area contributed by atoms with Crippen LogP contribution in [0.4, 0.5) is 5.69 Å². The monoisotopic (exact) mass is 351 g/mol. The van der Waals surface area contributed by atoms with Crippen LogP contribution in [0.15, 0.2) is 24.3 Å². The van der Waals surface area contributed by atoms with E-state index in [2.05, 4.69) is 10.6 Å². The number of nitrogens with one attached hydrogen (secondary N) is 2. The van der Waals surface area contributed by atoms with Gasteiger partial charge in [0.25, 0.3) is 11.6 Å². The Hall–Kier alpha value is -2.97. The molecule has 1 rings (SSSR count). The normalized spacial score (nSPS) is 11.4. The van der Waals surface area contributed by atoms with E-state index in [0.29, 0.717) is 25.8 Å². The zero-order valence-corrected chi connectivity index (χ0v) is 13.9. The highest BCUT2D eigenvalue weighted by molar-refractivity contribution is 5.97. The first kappa shape index (κ1) is 20.1. The van der Waals surface area contributed by atoms with Gasteiger partial charge in [-0.2, -0.15) is 0 Å². The third-order valence-corrected chi connectivity index (χ3v) is 3.43. The fourth-order valence-electron chi connectivity index (χ4n) is 2.05. The molecule has 0 aliphatic rings. The summed E-state index contributed by atoms with van der Waals surface area (Å²) in [7, 11) is 0. The standard InChI is InChI=1S/C16H21N3O6/c1-11(15(22)17-9-4-2-3-8-14(20)21)18-16(23)12-6-5-7-13(10-12)19(24)25/h5-7,10-11H,2-4,8-9H2,1H3,(H,17,22)(H,18,23)(H,20,21). The van der Waals surface area contributed by atoms with Crippen molar-refractivity contribution in [1.29, 1.82) is 0 Å². The second-order valence-corrected chi connectivity index (χ2v) is 5.50. The van der Waals surface area contributed by atoms with E-state index in [9.17, 15) is 24.5 Å². The Morgan fingerprint density at radius 3 is 2.60 bits per heavy atom. The van der Waals surface area contributed by atoms with Crippen molar-refractivity contribution in [3.63, 3.8) is 0 Å². The van der Waals surface area contributed by atoms with Gasteiger partial charge in [-0.05, 0) is 25.8 Å². The van der Waals surface area contributed by atoms with Crippen LogP contribution in [0.3, 0.4) is 0 Å². The summed E-state index contributed by atoms with van der Waals surface area (Å²) in [5.74, 6) is -1.80. The van der Waals surface area contributed by atoms with Crippen molar-refractivity contribution < 1.29 is 24.4 Å². The molecule has 136 valence electrons. The van der Waals surface area contributed by atoms with E-state index in [4.69, 9.17) is 5.11 Å². The number of amides is 2. The van der Waals surface area contributed by atoms with Crippen molar-refractivity contribution in [1.82, 2.24) is 10.6 Å². The van der Waals surface area contributed by atoms with Gasteiger partial charge in [0.05, 0.1) is 4.92 Å². The molecule has 0 bridgehead atoms. The molecule has 0 saturated carbocycles. The predicted molar refractivity (Wildman–Crippen MR) is 89.1 cm³/mol. The Labute approximate surface area is 144 Å². The quantitative estimate of drug-likeness (QED) is 0.331. The predicted octanol–water partition coefficient (Wildman–Crippen LogP) is 1.47. The molecule has 9 heteroatoms. The first-order valence-electron chi connectivity index (χ1n) is 7.86. The lowest BCUT2D eigenvalue weighted by atomic mass is 10.1. The third-order valence-electron chi connectivity index (χ3n) is 3.43. The SMILES string of the molecule is CC(NC(=O)c1cccc([N+](=O)[O-])c1)C(=O)NCCCCCC(=O)O. The molecule has 1 aromatic carbocycles. The fraction of sp³-hybridized carbons (Fsp3) is 0.438. The zero-order chi connectivity index (χ0) is 18.8. The average Bonchev–Trinajstić information content (AvgIpc) is 2.57. The Morgan fingerprint density at radius 2 is 1.96 bits per heavy atom. The van der Waals surface area contributed by atoms with Crippen LogP contribution in [0.25, 0.3) is 0 Å². The Balaban J connectivity index is 2.39. The fourth-order valence-corrected chi connectivity index (χ4v) is 2.05. The minimum atomic E-state index is -0.846. The Kier molecular flexibility index (Phi) is 8.04. The van der Waals surface area contributed by atoms with Crippen LogP contribution < -0.4 is 10.6 Å². The minimum absolute atomic E-state index is 0.0996. The van der Waals surface area contributed by atoms with Crippen molar-refractivity contribution in [2.75, 3.05) is 6.54 Å². The van der Waals surface area contributed by atoms with Crippen LogP contribution in [0, 0.1) is 10.1 Å². The number of benzene rings is 1. The highest BCUT2D eigenvalue weighted by Gasteiger charge is 2.17. The lowest BCUT2D eigenvalue weighted by Gasteiger charge is -2.14. The summed E-state index contributed by atoms with van der Waals surface area (Å²) in [4.78, 5) is 44.4. The van der Waals surface area contributed by atoms with Gasteiger partial charge in [0.15, 0.2) is 0 Å². The van der Waals surface area contributed by atoms with Gasteiger partial charge in [0, 0.05) is 30.7 Å². The molecule has 1 atom stereocenters. The van der Waals surface area contributed by atoms with Gasteiger partial charge in [-0.25, -0.2) is 0 Å². The molecule has 2 amide bonds. The number of carbonyl (C=O) groups is 3. The number of nitrogens with zero attached hydrogens (tertiary/aromatic N) is 1. The lowest BCUT2D eigenvalue weighted by Crippen LogP contribution is -2.45. The molecule has 25 heavy (non-hydrogen) atoms. The van der Waals surface area contributed by atoms with E-state index < -0.39 is 22.8 Å². The Bertz CT molecular complexity index is 647. The molecule has 1 unspecified atom stereocenters. The van der Waals surface area contributed by atoms with Crippen LogP contribution in [0.5, 0.6) is 0 Å². The van der Waals surface area contributed by atoms with Gasteiger partial charge in [0.1, 0.15) is 6.04 Å². The number of non-ortho nitro benzene ring substituents is 1. The smallest absolute Gasteiger partial charge is 0.303 e. The van der Waals surface area contributed by atoms with E-state index in [1.165, 1.54) is 25.1 Å². The van der Waals surface area contributed by atoms with Gasteiger partial charge < -0.3 is 15.7 Å². The molecule has 3 N–H and O–H groups in total. The average molecular weight is 351 g/mol. The molecule has 0 heterocycles. The number of carbonyl (C=O) groups excluding carboxylic acids is 2. The number of nitro groups is 1. The molecule has 0 fully saturated rings. The zero-order valence-electron chi connectivity index (χ0n) is 13.9. The molecule has 0 radical (unpaired) electrons. The van der Waals surface area contributed by atoms with E-state index in [1.807, 2.05) is 0 Å². The molecule has 0 spiro atoms. The van der Waals surface area contributed by atoms with Crippen LogP contribution in [-0.2, 0) is 9.59 Å². The summed E-state index contributed by atoms with van der Waals surface area (Å²) in [5.41, 5.74) is -0.103. The Morgan fingerprint density at radius 1 is 1.24 bits per heavy atom. The van der Waals surface area contributed by atoms with E-state index in [1.54, 1.807) is 0 Å². The summed E-state index contributed by atoms with van der Waals surface area (Å²) in [6.45, 7) is 1.89. The summed E-state index contributed by atoms with van der Waals surface area (Å²) >= 11 is 0. The number of rotatable bonds is 10. The number of hydrogen-bond acceptors (Lipinski definition) is 5. The molecule has 0 saturated heterocycles. The van der Waals surface area contributed by atoms with E-state index in [-0.39, 0.29) is 23.6 Å². The van der Waals surface area contributed by atoms with Gasteiger partial charge in [-0.15, -0.1) is 0 Å². The minimum Gasteiger partial charge on any atom is -0.481 e. The summed E-state index contributed by atoms with van der Waals surface area (Å²) in [5, 5.41) is 24.3. The van der Waals surface area contributed by atoms with Crippen LogP contribution in [0.2, 0.25) is 0 Å². The van der Waals surface area contributed by atoms with Gasteiger partial charge in [0.2, 0.25) is 5.91 Å². The maximum Gasteiger partial charge on any atom is 0.303 e. The second kappa shape index (κ2) is 10.0. The molecule has 0 aliphatic heterocycles. The molecule has 9 nitrogen and oxygen atoms in total. The number of carboxylic acid groups (broad SMARTS) is 1. The van der Waals surface area contributed by atoms with Gasteiger partial charge in [-0.1, -0.05) is 12.5 Å². The molecular weight excluding hydrogens is 330 g/mol. The van der Waals surface area contributed by atoms with Crippen LogP contribution in [0.1, 0.15) is 43.0 Å². The van der Waals surface area contributed by atoms with Gasteiger partial charge in [-0.3, -0.25) is 24.5 Å². The second-order valence-electron chi connectivity index (χ2n) is 5.50. The van der Waals surface area contributed by atoms with Crippen molar-refractivity contribution in [2.45, 2.75) is 38.6 Å². The summed E-state index contributed by atoms with van der Waals surface area (Å²) in [6.07, 6.45) is 1.97. The van der Waals surface area contributed by atoms with Crippen molar-refractivity contribution in [3.05, 3.63) is 39.9 Å². The van der Waals surface area contributed by atoms with Crippen molar-refractivity contribution in [3.8, 4) is 0 Å². The highest BCUT2D eigenvalue weighted by atomic mass is 16.6. The van der Waals surface area contributed by atoms with E-state index >= 15 is 0 Å². The molecular formula is C16H21N3O6. The van der Waals surface area contributed by atoms with Crippen molar-refractivity contribution in [2.24, 2.45) is 0 Å². The molecule has 0 aromatic heterocycles. The van der Waals surface area contributed by atoms with Crippen molar-refractivity contribution >= 4 is 23.5 Å². The maximum absolute atomic E-state index is 12.0.